The van der Waals surface area contributed by atoms with Gasteiger partial charge in [0, 0.05) is 37.9 Å². The first-order chi connectivity index (χ1) is 9.11. The smallest absolute Gasteiger partial charge is 0.0944 e. The Bertz CT molecular complexity index is 386. The molecule has 5 heteroatoms. The second-order valence-electron chi connectivity index (χ2n) is 5.09. The van der Waals surface area contributed by atoms with Crippen molar-refractivity contribution in [2.24, 2.45) is 0 Å². The number of anilines is 2. The normalized spacial score (nSPS) is 18.4. The van der Waals surface area contributed by atoms with Crippen LogP contribution < -0.4 is 10.1 Å². The van der Waals surface area contributed by atoms with E-state index in [9.17, 15) is 0 Å². The summed E-state index contributed by atoms with van der Waals surface area (Å²) in [5.41, 5.74) is 1.51. The highest BCUT2D eigenvalue weighted by Gasteiger charge is 2.20. The van der Waals surface area contributed by atoms with Gasteiger partial charge < -0.3 is 4.90 Å². The average molecular weight is 265 g/mol. The lowest BCUT2D eigenvalue weighted by Gasteiger charge is -2.39. The number of piperazine rings is 1. The zero-order chi connectivity index (χ0) is 13.8. The molecule has 1 saturated heterocycles. The molecule has 0 aromatic heterocycles. The van der Waals surface area contributed by atoms with Crippen LogP contribution in [0, 0.1) is 0 Å². The maximum Gasteiger partial charge on any atom is 0.0944 e. The SMILES string of the molecule is CCC(C)N1CCN(c2ccc(N(O)O)cc2)CC1. The van der Waals surface area contributed by atoms with Crippen molar-refractivity contribution in [1.82, 2.24) is 4.90 Å². The number of nitrogens with zero attached hydrogens (tertiary/aromatic N) is 3. The molecule has 5 nitrogen and oxygen atoms in total. The lowest BCUT2D eigenvalue weighted by atomic mass is 10.1. The fourth-order valence-electron chi connectivity index (χ4n) is 2.48. The maximum absolute atomic E-state index is 8.92. The number of hydrogen-bond donors (Lipinski definition) is 2. The van der Waals surface area contributed by atoms with Crippen molar-refractivity contribution in [2.75, 3.05) is 36.3 Å². The van der Waals surface area contributed by atoms with E-state index in [1.165, 1.54) is 6.42 Å². The third kappa shape index (κ3) is 3.37. The van der Waals surface area contributed by atoms with E-state index in [1.54, 1.807) is 12.1 Å². The van der Waals surface area contributed by atoms with Gasteiger partial charge in [0.05, 0.1) is 5.69 Å². The van der Waals surface area contributed by atoms with E-state index in [-0.39, 0.29) is 5.23 Å². The molecule has 1 unspecified atom stereocenters. The second kappa shape index (κ2) is 6.23. The standard InChI is InChI=1S/C14H23N3O2/c1-3-12(2)15-8-10-16(11-9-15)13-4-6-14(7-5-13)17(18)19/h4-7,12,18-19H,3,8-11H2,1-2H3. The molecule has 2 N–H and O–H groups in total. The molecule has 1 aromatic carbocycles. The number of hydrogen-bond acceptors (Lipinski definition) is 5. The summed E-state index contributed by atoms with van der Waals surface area (Å²) in [4.78, 5) is 4.86. The average Bonchev–Trinajstić information content (AvgIpc) is 2.46. The quantitative estimate of drug-likeness (QED) is 0.817. The molecule has 0 radical (unpaired) electrons. The lowest BCUT2D eigenvalue weighted by Crippen LogP contribution is -2.49. The first-order valence-corrected chi connectivity index (χ1v) is 6.88. The molecule has 1 aromatic rings. The molecule has 1 fully saturated rings. The van der Waals surface area contributed by atoms with Crippen LogP contribution in [0.2, 0.25) is 0 Å². The van der Waals surface area contributed by atoms with Gasteiger partial charge in [0.1, 0.15) is 0 Å². The molecular weight excluding hydrogens is 242 g/mol. The number of rotatable bonds is 4. The molecule has 1 aliphatic heterocycles. The van der Waals surface area contributed by atoms with E-state index in [2.05, 4.69) is 23.6 Å². The van der Waals surface area contributed by atoms with E-state index < -0.39 is 0 Å². The van der Waals surface area contributed by atoms with Gasteiger partial charge in [0.2, 0.25) is 0 Å². The minimum absolute atomic E-state index is 0.143. The number of benzene rings is 1. The molecular formula is C14H23N3O2. The van der Waals surface area contributed by atoms with Gasteiger partial charge in [-0.2, -0.15) is 0 Å². The van der Waals surface area contributed by atoms with E-state index >= 15 is 0 Å². The summed E-state index contributed by atoms with van der Waals surface area (Å²) in [6.07, 6.45) is 1.19. The highest BCUT2D eigenvalue weighted by molar-refractivity contribution is 5.54. The summed E-state index contributed by atoms with van der Waals surface area (Å²) in [6, 6.07) is 7.91. The van der Waals surface area contributed by atoms with Gasteiger partial charge >= 0.3 is 0 Å². The van der Waals surface area contributed by atoms with Gasteiger partial charge in [0.15, 0.2) is 0 Å². The molecule has 1 atom stereocenters. The summed E-state index contributed by atoms with van der Waals surface area (Å²) in [5, 5.41) is 18.0. The van der Waals surface area contributed by atoms with E-state index in [0.717, 1.165) is 31.9 Å². The van der Waals surface area contributed by atoms with Gasteiger partial charge in [-0.3, -0.25) is 15.3 Å². The Morgan fingerprint density at radius 2 is 1.68 bits per heavy atom. The van der Waals surface area contributed by atoms with Crippen molar-refractivity contribution in [3.63, 3.8) is 0 Å². The van der Waals surface area contributed by atoms with Crippen molar-refractivity contribution in [2.45, 2.75) is 26.3 Å². The van der Waals surface area contributed by atoms with Crippen LogP contribution in [-0.4, -0.2) is 47.5 Å². The van der Waals surface area contributed by atoms with Gasteiger partial charge in [-0.15, -0.1) is 5.23 Å². The maximum atomic E-state index is 8.92. The third-order valence-electron chi connectivity index (χ3n) is 3.97. The topological polar surface area (TPSA) is 50.2 Å². The summed E-state index contributed by atoms with van der Waals surface area (Å²) >= 11 is 0. The molecule has 0 spiro atoms. The Hall–Kier alpha value is -1.30. The first-order valence-electron chi connectivity index (χ1n) is 6.88. The summed E-state index contributed by atoms with van der Waals surface area (Å²) in [6.45, 7) is 8.72. The molecule has 0 amide bonds. The predicted octanol–water partition coefficient (Wildman–Crippen LogP) is 2.19. The Balaban J connectivity index is 1.94. The Labute approximate surface area is 114 Å². The highest BCUT2D eigenvalue weighted by atomic mass is 16.8. The van der Waals surface area contributed by atoms with Crippen LogP contribution in [0.25, 0.3) is 0 Å². The minimum atomic E-state index is 0.143. The van der Waals surface area contributed by atoms with Crippen LogP contribution in [0.4, 0.5) is 11.4 Å². The Morgan fingerprint density at radius 1 is 1.11 bits per heavy atom. The molecule has 19 heavy (non-hydrogen) atoms. The summed E-state index contributed by atoms with van der Waals surface area (Å²) < 4.78 is 0. The second-order valence-corrected chi connectivity index (χ2v) is 5.09. The predicted molar refractivity (Wildman–Crippen MR) is 76.0 cm³/mol. The molecule has 2 rings (SSSR count). The fraction of sp³-hybridized carbons (Fsp3) is 0.571. The van der Waals surface area contributed by atoms with Gasteiger partial charge in [-0.1, -0.05) is 6.92 Å². The van der Waals surface area contributed by atoms with Crippen molar-refractivity contribution in [3.05, 3.63) is 24.3 Å². The van der Waals surface area contributed by atoms with Crippen LogP contribution in [-0.2, 0) is 0 Å². The van der Waals surface area contributed by atoms with Crippen LogP contribution in [0.1, 0.15) is 20.3 Å². The zero-order valence-electron chi connectivity index (χ0n) is 11.7. The molecule has 0 aliphatic carbocycles. The summed E-state index contributed by atoms with van der Waals surface area (Å²) in [7, 11) is 0. The van der Waals surface area contributed by atoms with Gasteiger partial charge in [-0.05, 0) is 37.6 Å². The van der Waals surface area contributed by atoms with E-state index in [1.807, 2.05) is 12.1 Å². The third-order valence-corrected chi connectivity index (χ3v) is 3.97. The molecule has 0 saturated carbocycles. The van der Waals surface area contributed by atoms with Crippen LogP contribution in [0.5, 0.6) is 0 Å². The van der Waals surface area contributed by atoms with Gasteiger partial charge in [-0.25, -0.2) is 0 Å². The Morgan fingerprint density at radius 3 is 2.16 bits per heavy atom. The van der Waals surface area contributed by atoms with Crippen LogP contribution in [0.15, 0.2) is 24.3 Å². The van der Waals surface area contributed by atoms with Crippen LogP contribution in [0.3, 0.4) is 0 Å². The lowest BCUT2D eigenvalue weighted by molar-refractivity contribution is 0.0291. The molecule has 0 bridgehead atoms. The van der Waals surface area contributed by atoms with Crippen molar-refractivity contribution >= 4 is 11.4 Å². The molecule has 106 valence electrons. The van der Waals surface area contributed by atoms with Gasteiger partial charge in [0.25, 0.3) is 0 Å². The molecule has 1 heterocycles. The molecule has 1 aliphatic rings. The van der Waals surface area contributed by atoms with Crippen molar-refractivity contribution in [1.29, 1.82) is 0 Å². The monoisotopic (exact) mass is 265 g/mol. The zero-order valence-corrected chi connectivity index (χ0v) is 11.7. The van der Waals surface area contributed by atoms with E-state index in [0.29, 0.717) is 11.7 Å². The fourth-order valence-corrected chi connectivity index (χ4v) is 2.48. The Kier molecular flexibility index (Phi) is 4.63. The minimum Gasteiger partial charge on any atom is -0.369 e. The highest BCUT2D eigenvalue weighted by Crippen LogP contribution is 2.21. The summed E-state index contributed by atoms with van der Waals surface area (Å²) in [5.74, 6) is 0. The van der Waals surface area contributed by atoms with Crippen molar-refractivity contribution in [3.8, 4) is 0 Å². The first kappa shape index (κ1) is 14.1. The largest absolute Gasteiger partial charge is 0.369 e. The van der Waals surface area contributed by atoms with Crippen LogP contribution >= 0.6 is 0 Å². The van der Waals surface area contributed by atoms with Crippen molar-refractivity contribution < 1.29 is 10.4 Å². The van der Waals surface area contributed by atoms with E-state index in [4.69, 9.17) is 10.4 Å².